The first-order valence-corrected chi connectivity index (χ1v) is 9.79. The fourth-order valence-corrected chi connectivity index (χ4v) is 4.67. The molecule has 2 rings (SSSR count). The highest BCUT2D eigenvalue weighted by Gasteiger charge is 2.29. The second kappa shape index (κ2) is 7.27. The van der Waals surface area contributed by atoms with E-state index in [0.717, 1.165) is 32.2 Å². The minimum atomic E-state index is -3.40. The number of benzene rings is 1. The number of likely N-dealkylation sites (tertiary alicyclic amines) is 1. The van der Waals surface area contributed by atoms with E-state index in [0.29, 0.717) is 12.0 Å². The molecule has 1 atom stereocenters. The zero-order valence-corrected chi connectivity index (χ0v) is 14.2. The van der Waals surface area contributed by atoms with Crippen molar-refractivity contribution in [2.24, 2.45) is 0 Å². The van der Waals surface area contributed by atoms with Crippen molar-refractivity contribution in [3.8, 4) is 0 Å². The molecule has 5 heteroatoms. The van der Waals surface area contributed by atoms with Crippen molar-refractivity contribution in [3.63, 3.8) is 0 Å². The maximum atomic E-state index is 12.9. The summed E-state index contributed by atoms with van der Waals surface area (Å²) < 4.78 is 24.8. The van der Waals surface area contributed by atoms with E-state index in [4.69, 9.17) is 0 Å². The van der Waals surface area contributed by atoms with Gasteiger partial charge in [0.1, 0.15) is 0 Å². The number of nitrogens with zero attached hydrogens (tertiary/aromatic N) is 1. The fourth-order valence-electron chi connectivity index (χ4n) is 3.14. The average molecular weight is 323 g/mol. The number of sulfone groups is 1. The Hall–Kier alpha value is -1.36. The molecule has 0 spiro atoms. The summed E-state index contributed by atoms with van der Waals surface area (Å²) in [5.74, 6) is -0.0593. The van der Waals surface area contributed by atoms with E-state index in [9.17, 15) is 13.2 Å². The number of carbonyl (C=O) groups excluding carboxylic acids is 1. The first-order valence-electron chi connectivity index (χ1n) is 8.14. The summed E-state index contributed by atoms with van der Waals surface area (Å²) in [5.41, 5.74) is 0.330. The molecular weight excluding hydrogens is 298 g/mol. The minimum Gasteiger partial charge on any atom is -0.336 e. The monoisotopic (exact) mass is 323 g/mol. The normalized spacial score (nSPS) is 19.2. The van der Waals surface area contributed by atoms with Gasteiger partial charge in [0.25, 0.3) is 5.91 Å². The number of hydrogen-bond donors (Lipinski definition) is 0. The van der Waals surface area contributed by atoms with Crippen LogP contribution in [0.25, 0.3) is 0 Å². The Kier molecular flexibility index (Phi) is 5.62. The van der Waals surface area contributed by atoms with Crippen molar-refractivity contribution in [2.45, 2.75) is 56.9 Å². The van der Waals surface area contributed by atoms with E-state index in [2.05, 4.69) is 6.92 Å². The zero-order chi connectivity index (χ0) is 16.2. The topological polar surface area (TPSA) is 54.5 Å². The molecule has 0 aliphatic carbocycles. The van der Waals surface area contributed by atoms with Crippen LogP contribution in [-0.2, 0) is 9.84 Å². The summed E-state index contributed by atoms with van der Waals surface area (Å²) in [5, 5.41) is 0. The van der Waals surface area contributed by atoms with Gasteiger partial charge in [-0.2, -0.15) is 0 Å². The minimum absolute atomic E-state index is 0.0779. The molecule has 0 radical (unpaired) electrons. The molecule has 1 aromatic rings. The van der Waals surface area contributed by atoms with Crippen molar-refractivity contribution in [3.05, 3.63) is 29.8 Å². The summed E-state index contributed by atoms with van der Waals surface area (Å²) in [4.78, 5) is 14.9. The van der Waals surface area contributed by atoms with Gasteiger partial charge in [0, 0.05) is 12.6 Å². The fraction of sp³-hybridized carbons (Fsp3) is 0.588. The van der Waals surface area contributed by atoms with Crippen molar-refractivity contribution >= 4 is 15.7 Å². The van der Waals surface area contributed by atoms with Crippen molar-refractivity contribution < 1.29 is 13.2 Å². The lowest BCUT2D eigenvalue weighted by Gasteiger charge is -2.35. The maximum absolute atomic E-state index is 12.9. The first-order chi connectivity index (χ1) is 10.5. The third-order valence-corrected chi connectivity index (χ3v) is 6.26. The van der Waals surface area contributed by atoms with Gasteiger partial charge in [0.15, 0.2) is 9.84 Å². The largest absolute Gasteiger partial charge is 0.336 e. The average Bonchev–Trinajstić information content (AvgIpc) is 2.54. The van der Waals surface area contributed by atoms with Crippen LogP contribution in [0.5, 0.6) is 0 Å². The molecule has 1 saturated heterocycles. The molecule has 1 aromatic carbocycles. The van der Waals surface area contributed by atoms with Gasteiger partial charge < -0.3 is 4.90 Å². The van der Waals surface area contributed by atoms with Crippen molar-refractivity contribution in [2.75, 3.05) is 12.3 Å². The molecule has 0 saturated carbocycles. The molecular formula is C17H25NO3S. The highest BCUT2D eigenvalue weighted by molar-refractivity contribution is 7.91. The second-order valence-corrected chi connectivity index (χ2v) is 7.95. The van der Waals surface area contributed by atoms with Crippen LogP contribution in [0, 0.1) is 0 Å². The number of hydrogen-bond acceptors (Lipinski definition) is 3. The van der Waals surface area contributed by atoms with Gasteiger partial charge in [-0.3, -0.25) is 4.79 Å². The van der Waals surface area contributed by atoms with Crippen LogP contribution < -0.4 is 0 Å². The quantitative estimate of drug-likeness (QED) is 0.835. The second-order valence-electron chi connectivity index (χ2n) is 5.87. The Labute approximate surface area is 133 Å². The van der Waals surface area contributed by atoms with Gasteiger partial charge >= 0.3 is 0 Å². The van der Waals surface area contributed by atoms with Crippen LogP contribution in [0.3, 0.4) is 0 Å². The molecule has 0 N–H and O–H groups in total. The van der Waals surface area contributed by atoms with E-state index in [1.165, 1.54) is 0 Å². The number of rotatable bonds is 5. The third-order valence-electron chi connectivity index (χ3n) is 4.28. The lowest BCUT2D eigenvalue weighted by molar-refractivity contribution is 0.0604. The van der Waals surface area contributed by atoms with Crippen LogP contribution in [0.15, 0.2) is 29.2 Å². The number of carbonyl (C=O) groups is 1. The molecule has 1 aliphatic rings. The van der Waals surface area contributed by atoms with E-state index in [1.54, 1.807) is 24.3 Å². The Morgan fingerprint density at radius 2 is 1.95 bits per heavy atom. The molecule has 1 aliphatic heterocycles. The van der Waals surface area contributed by atoms with Gasteiger partial charge in [-0.25, -0.2) is 8.42 Å². The van der Waals surface area contributed by atoms with E-state index in [1.807, 2.05) is 11.8 Å². The van der Waals surface area contributed by atoms with Gasteiger partial charge in [-0.1, -0.05) is 26.0 Å². The summed E-state index contributed by atoms with van der Waals surface area (Å²) in [7, 11) is -3.40. The summed E-state index contributed by atoms with van der Waals surface area (Å²) in [6.07, 6.45) is 4.60. The molecule has 1 heterocycles. The van der Waals surface area contributed by atoms with Crippen LogP contribution in [0.4, 0.5) is 0 Å². The van der Waals surface area contributed by atoms with Gasteiger partial charge in [-0.05, 0) is 44.2 Å². The lowest BCUT2D eigenvalue weighted by Crippen LogP contribution is -2.43. The molecule has 4 nitrogen and oxygen atoms in total. The molecule has 0 aromatic heterocycles. The number of amides is 1. The molecule has 1 unspecified atom stereocenters. The third kappa shape index (κ3) is 3.51. The smallest absolute Gasteiger partial charge is 0.255 e. The predicted molar refractivity (Wildman–Crippen MR) is 87.8 cm³/mol. The molecule has 1 fully saturated rings. The number of piperidine rings is 1. The maximum Gasteiger partial charge on any atom is 0.255 e. The van der Waals surface area contributed by atoms with E-state index < -0.39 is 9.84 Å². The summed E-state index contributed by atoms with van der Waals surface area (Å²) in [6.45, 7) is 4.63. The van der Waals surface area contributed by atoms with Crippen LogP contribution >= 0.6 is 0 Å². The zero-order valence-electron chi connectivity index (χ0n) is 13.4. The van der Waals surface area contributed by atoms with Crippen molar-refractivity contribution in [1.29, 1.82) is 0 Å². The Morgan fingerprint density at radius 1 is 1.23 bits per heavy atom. The highest BCUT2D eigenvalue weighted by atomic mass is 32.2. The molecule has 0 bridgehead atoms. The van der Waals surface area contributed by atoms with Gasteiger partial charge in [-0.15, -0.1) is 0 Å². The first kappa shape index (κ1) is 17.0. The van der Waals surface area contributed by atoms with E-state index >= 15 is 0 Å². The molecule has 22 heavy (non-hydrogen) atoms. The Morgan fingerprint density at radius 3 is 2.64 bits per heavy atom. The summed E-state index contributed by atoms with van der Waals surface area (Å²) in [6, 6.07) is 6.86. The Bertz CT molecular complexity index is 625. The predicted octanol–water partition coefficient (Wildman–Crippen LogP) is 3.28. The molecule has 1 amide bonds. The lowest BCUT2D eigenvalue weighted by atomic mass is 9.99. The Balaban J connectivity index is 2.38. The van der Waals surface area contributed by atoms with Gasteiger partial charge in [0.2, 0.25) is 0 Å². The standard InChI is InChI=1S/C17H25NO3S/c1-3-13-22(20,21)16-11-6-5-10-15(16)17(19)18-12-8-7-9-14(18)4-2/h5-6,10-11,14H,3-4,7-9,12-13H2,1-2H3. The van der Waals surface area contributed by atoms with Gasteiger partial charge in [0.05, 0.1) is 16.2 Å². The van der Waals surface area contributed by atoms with Crippen LogP contribution in [0.1, 0.15) is 56.3 Å². The van der Waals surface area contributed by atoms with E-state index in [-0.39, 0.29) is 22.6 Å². The van der Waals surface area contributed by atoms with Crippen molar-refractivity contribution in [1.82, 2.24) is 4.90 Å². The van der Waals surface area contributed by atoms with Crippen LogP contribution in [0.2, 0.25) is 0 Å². The highest BCUT2D eigenvalue weighted by Crippen LogP contribution is 2.25. The molecule has 122 valence electrons. The SMILES string of the molecule is CCCS(=O)(=O)c1ccccc1C(=O)N1CCCCC1CC. The summed E-state index contributed by atoms with van der Waals surface area (Å²) >= 11 is 0. The van der Waals surface area contributed by atoms with Crippen LogP contribution in [-0.4, -0.2) is 37.6 Å².